The lowest BCUT2D eigenvalue weighted by Gasteiger charge is -2.16. The van der Waals surface area contributed by atoms with Crippen LogP contribution in [-0.4, -0.2) is 12.2 Å². The molecule has 0 bridgehead atoms. The highest BCUT2D eigenvalue weighted by Crippen LogP contribution is 2.32. The molecule has 0 heterocycles. The van der Waals surface area contributed by atoms with E-state index >= 15 is 0 Å². The van der Waals surface area contributed by atoms with Gasteiger partial charge in [-0.2, -0.15) is 0 Å². The van der Waals surface area contributed by atoms with Crippen molar-refractivity contribution in [3.63, 3.8) is 0 Å². The van der Waals surface area contributed by atoms with Gasteiger partial charge in [0.1, 0.15) is 11.9 Å². The van der Waals surface area contributed by atoms with Crippen LogP contribution in [0.15, 0.2) is 42.5 Å². The molecule has 1 unspecified atom stereocenters. The standard InChI is InChI=1S/C18H21ClO2/c1-12(2)10-13-4-6-14(7-5-13)18(20)16-11-15(19)8-9-17(16)21-3/h4-9,11-12,18,20H,10H2,1-3H3. The van der Waals surface area contributed by atoms with Gasteiger partial charge in [0.15, 0.2) is 0 Å². The molecule has 21 heavy (non-hydrogen) atoms. The second kappa shape index (κ2) is 6.97. The minimum atomic E-state index is -0.744. The van der Waals surface area contributed by atoms with Crippen LogP contribution in [0.1, 0.15) is 36.6 Å². The van der Waals surface area contributed by atoms with E-state index in [4.69, 9.17) is 16.3 Å². The summed E-state index contributed by atoms with van der Waals surface area (Å²) in [6, 6.07) is 13.3. The summed E-state index contributed by atoms with van der Waals surface area (Å²) in [5, 5.41) is 11.1. The van der Waals surface area contributed by atoms with Gasteiger partial charge in [0.2, 0.25) is 0 Å². The van der Waals surface area contributed by atoms with E-state index in [1.165, 1.54) is 5.56 Å². The van der Waals surface area contributed by atoms with Crippen molar-refractivity contribution in [1.29, 1.82) is 0 Å². The number of aliphatic hydroxyl groups excluding tert-OH is 1. The quantitative estimate of drug-likeness (QED) is 0.872. The third-order valence-electron chi connectivity index (χ3n) is 3.43. The fourth-order valence-corrected chi connectivity index (χ4v) is 2.59. The Bertz CT molecular complexity index is 591. The van der Waals surface area contributed by atoms with Crippen molar-refractivity contribution in [2.45, 2.75) is 26.4 Å². The molecule has 0 spiro atoms. The Morgan fingerprint density at radius 1 is 1.10 bits per heavy atom. The third kappa shape index (κ3) is 3.99. The van der Waals surface area contributed by atoms with Gasteiger partial charge in [-0.1, -0.05) is 49.7 Å². The van der Waals surface area contributed by atoms with Crippen LogP contribution in [0.3, 0.4) is 0 Å². The number of hydrogen-bond donors (Lipinski definition) is 1. The number of hydrogen-bond acceptors (Lipinski definition) is 2. The number of rotatable bonds is 5. The van der Waals surface area contributed by atoms with Crippen LogP contribution in [0.4, 0.5) is 0 Å². The number of halogens is 1. The molecule has 0 amide bonds. The predicted molar refractivity (Wildman–Crippen MR) is 87.0 cm³/mol. The minimum absolute atomic E-state index is 0.585. The largest absolute Gasteiger partial charge is 0.496 e. The van der Waals surface area contributed by atoms with E-state index in [9.17, 15) is 5.11 Å². The predicted octanol–water partition coefficient (Wildman–Crippen LogP) is 4.63. The summed E-state index contributed by atoms with van der Waals surface area (Å²) in [4.78, 5) is 0. The Hall–Kier alpha value is -1.51. The topological polar surface area (TPSA) is 29.5 Å². The highest BCUT2D eigenvalue weighted by Gasteiger charge is 2.16. The number of benzene rings is 2. The monoisotopic (exact) mass is 304 g/mol. The first kappa shape index (κ1) is 15.9. The molecule has 2 aromatic rings. The zero-order chi connectivity index (χ0) is 15.4. The summed E-state index contributed by atoms with van der Waals surface area (Å²) < 4.78 is 5.30. The van der Waals surface area contributed by atoms with E-state index in [2.05, 4.69) is 26.0 Å². The Balaban J connectivity index is 2.27. The van der Waals surface area contributed by atoms with Gasteiger partial charge in [0.25, 0.3) is 0 Å². The Labute approximate surface area is 131 Å². The Kier molecular flexibility index (Phi) is 5.27. The maximum absolute atomic E-state index is 10.6. The summed E-state index contributed by atoms with van der Waals surface area (Å²) in [7, 11) is 1.59. The molecule has 0 aliphatic heterocycles. The number of methoxy groups -OCH3 is 1. The van der Waals surface area contributed by atoms with Gasteiger partial charge >= 0.3 is 0 Å². The molecule has 2 aromatic carbocycles. The molecule has 0 fully saturated rings. The van der Waals surface area contributed by atoms with Gasteiger partial charge in [0.05, 0.1) is 7.11 Å². The van der Waals surface area contributed by atoms with Crippen LogP contribution in [0.25, 0.3) is 0 Å². The molecule has 0 saturated heterocycles. The molecule has 2 nitrogen and oxygen atoms in total. The van der Waals surface area contributed by atoms with E-state index in [0.29, 0.717) is 22.3 Å². The average molecular weight is 305 g/mol. The highest BCUT2D eigenvalue weighted by molar-refractivity contribution is 6.30. The van der Waals surface area contributed by atoms with Gasteiger partial charge in [-0.15, -0.1) is 0 Å². The van der Waals surface area contributed by atoms with E-state index in [0.717, 1.165) is 12.0 Å². The molecular weight excluding hydrogens is 284 g/mol. The molecule has 0 aliphatic rings. The van der Waals surface area contributed by atoms with Crippen molar-refractivity contribution in [2.24, 2.45) is 5.92 Å². The van der Waals surface area contributed by atoms with Crippen LogP contribution in [0.2, 0.25) is 5.02 Å². The first-order valence-corrected chi connectivity index (χ1v) is 7.49. The third-order valence-corrected chi connectivity index (χ3v) is 3.66. The average Bonchev–Trinajstić information content (AvgIpc) is 2.46. The van der Waals surface area contributed by atoms with Crippen molar-refractivity contribution in [3.05, 3.63) is 64.2 Å². The SMILES string of the molecule is COc1ccc(Cl)cc1C(O)c1ccc(CC(C)C)cc1. The summed E-state index contributed by atoms with van der Waals surface area (Å²) in [5.41, 5.74) is 2.80. The van der Waals surface area contributed by atoms with Crippen molar-refractivity contribution in [1.82, 2.24) is 0 Å². The molecule has 0 radical (unpaired) electrons. The molecule has 1 atom stereocenters. The lowest BCUT2D eigenvalue weighted by Crippen LogP contribution is -2.03. The highest BCUT2D eigenvalue weighted by atomic mass is 35.5. The summed E-state index contributed by atoms with van der Waals surface area (Å²) in [5.74, 6) is 1.26. The fraction of sp³-hybridized carbons (Fsp3) is 0.333. The van der Waals surface area contributed by atoms with Crippen LogP contribution in [-0.2, 0) is 6.42 Å². The molecule has 2 rings (SSSR count). The summed E-state index contributed by atoms with van der Waals surface area (Å²) >= 11 is 6.02. The number of aliphatic hydroxyl groups is 1. The normalized spacial score (nSPS) is 12.5. The molecular formula is C18H21ClO2. The number of ether oxygens (including phenoxy) is 1. The Morgan fingerprint density at radius 3 is 2.33 bits per heavy atom. The smallest absolute Gasteiger partial charge is 0.125 e. The van der Waals surface area contributed by atoms with Gasteiger partial charge in [-0.25, -0.2) is 0 Å². The zero-order valence-electron chi connectivity index (χ0n) is 12.6. The van der Waals surface area contributed by atoms with E-state index < -0.39 is 6.10 Å². The van der Waals surface area contributed by atoms with Crippen molar-refractivity contribution < 1.29 is 9.84 Å². The van der Waals surface area contributed by atoms with E-state index in [1.807, 2.05) is 12.1 Å². The van der Waals surface area contributed by atoms with E-state index in [-0.39, 0.29) is 0 Å². The van der Waals surface area contributed by atoms with Gasteiger partial charge in [-0.3, -0.25) is 0 Å². The maximum Gasteiger partial charge on any atom is 0.125 e. The lowest BCUT2D eigenvalue weighted by molar-refractivity contribution is 0.214. The zero-order valence-corrected chi connectivity index (χ0v) is 13.4. The maximum atomic E-state index is 10.6. The minimum Gasteiger partial charge on any atom is -0.496 e. The summed E-state index contributed by atoms with van der Waals surface area (Å²) in [6.45, 7) is 4.39. The molecule has 112 valence electrons. The van der Waals surface area contributed by atoms with Crippen molar-refractivity contribution >= 4 is 11.6 Å². The summed E-state index contributed by atoms with van der Waals surface area (Å²) in [6.07, 6.45) is 0.295. The second-order valence-electron chi connectivity index (χ2n) is 5.63. The molecule has 0 aliphatic carbocycles. The first-order valence-electron chi connectivity index (χ1n) is 7.11. The van der Waals surface area contributed by atoms with Crippen LogP contribution < -0.4 is 4.74 Å². The molecule has 0 aromatic heterocycles. The van der Waals surface area contributed by atoms with Crippen LogP contribution >= 0.6 is 11.6 Å². The second-order valence-corrected chi connectivity index (χ2v) is 6.06. The lowest BCUT2D eigenvalue weighted by atomic mass is 9.97. The van der Waals surface area contributed by atoms with Crippen molar-refractivity contribution in [2.75, 3.05) is 7.11 Å². The molecule has 3 heteroatoms. The van der Waals surface area contributed by atoms with Gasteiger partial charge in [0, 0.05) is 10.6 Å². The van der Waals surface area contributed by atoms with E-state index in [1.54, 1.807) is 25.3 Å². The molecule has 1 N–H and O–H groups in total. The Morgan fingerprint density at radius 2 is 1.76 bits per heavy atom. The molecule has 0 saturated carbocycles. The van der Waals surface area contributed by atoms with Crippen LogP contribution in [0, 0.1) is 5.92 Å². The van der Waals surface area contributed by atoms with Gasteiger partial charge < -0.3 is 9.84 Å². The van der Waals surface area contributed by atoms with Crippen molar-refractivity contribution in [3.8, 4) is 5.75 Å². The van der Waals surface area contributed by atoms with Crippen LogP contribution in [0.5, 0.6) is 5.75 Å². The van der Waals surface area contributed by atoms with Gasteiger partial charge in [-0.05, 0) is 41.7 Å². The first-order chi connectivity index (χ1) is 10.0. The fourth-order valence-electron chi connectivity index (χ4n) is 2.41.